The van der Waals surface area contributed by atoms with E-state index in [0.29, 0.717) is 29.1 Å². The van der Waals surface area contributed by atoms with Gasteiger partial charge in [-0.3, -0.25) is 19.5 Å². The molecule has 0 aliphatic carbocycles. The fraction of sp³-hybridized carbons (Fsp3) is 0.270. The number of nitrogens with zero attached hydrogens (tertiary/aromatic N) is 3. The molecule has 0 bridgehead atoms. The van der Waals surface area contributed by atoms with Gasteiger partial charge in [0, 0.05) is 55.8 Å². The van der Waals surface area contributed by atoms with Crippen molar-refractivity contribution in [1.29, 1.82) is 0 Å². The first-order valence-corrected chi connectivity index (χ1v) is 15.5. The molecule has 46 heavy (non-hydrogen) atoms. The number of hydrogen-bond acceptors (Lipinski definition) is 5. The number of halogens is 3. The van der Waals surface area contributed by atoms with E-state index in [1.165, 1.54) is 6.07 Å². The second-order valence-corrected chi connectivity index (χ2v) is 11.7. The second-order valence-electron chi connectivity index (χ2n) is 11.7. The Hall–Kier alpha value is -4.60. The summed E-state index contributed by atoms with van der Waals surface area (Å²) in [5, 5.41) is 2.89. The normalized spacial score (nSPS) is 15.3. The Morgan fingerprint density at radius 3 is 2.26 bits per heavy atom. The van der Waals surface area contributed by atoms with E-state index < -0.39 is 11.7 Å². The van der Waals surface area contributed by atoms with E-state index in [1.807, 2.05) is 30.3 Å². The molecule has 4 aromatic carbocycles. The molecule has 4 aromatic rings. The van der Waals surface area contributed by atoms with Gasteiger partial charge in [0.05, 0.1) is 12.1 Å². The first kappa shape index (κ1) is 31.4. The Morgan fingerprint density at radius 1 is 0.804 bits per heavy atom. The predicted octanol–water partition coefficient (Wildman–Crippen LogP) is 6.63. The third kappa shape index (κ3) is 7.11. The monoisotopic (exact) mass is 624 g/mol. The van der Waals surface area contributed by atoms with Gasteiger partial charge in [0.1, 0.15) is 5.84 Å². The SMILES string of the molecule is CCN1CCN(Cc2ccc(CC(=O)c3cccc(-c4ccc5c(c4)CN=C5NC(=O)c4ccccc4)c3)cc2C(F)(F)F)CC1. The van der Waals surface area contributed by atoms with Gasteiger partial charge in [-0.15, -0.1) is 0 Å². The fourth-order valence-electron chi connectivity index (χ4n) is 6.06. The highest BCUT2D eigenvalue weighted by Gasteiger charge is 2.34. The molecule has 6 rings (SSSR count). The van der Waals surface area contributed by atoms with E-state index in [2.05, 4.69) is 27.0 Å². The zero-order valence-electron chi connectivity index (χ0n) is 25.6. The average Bonchev–Trinajstić information content (AvgIpc) is 3.47. The number of hydrogen-bond donors (Lipinski definition) is 1. The Morgan fingerprint density at radius 2 is 1.52 bits per heavy atom. The molecule has 9 heteroatoms. The van der Waals surface area contributed by atoms with Crippen LogP contribution in [0, 0.1) is 0 Å². The highest BCUT2D eigenvalue weighted by atomic mass is 19.4. The lowest BCUT2D eigenvalue weighted by Crippen LogP contribution is -2.45. The van der Waals surface area contributed by atoms with E-state index >= 15 is 0 Å². The zero-order chi connectivity index (χ0) is 32.3. The fourth-order valence-corrected chi connectivity index (χ4v) is 6.06. The molecular weight excluding hydrogens is 589 g/mol. The van der Waals surface area contributed by atoms with Gasteiger partial charge in [0.25, 0.3) is 5.91 Å². The third-order valence-electron chi connectivity index (χ3n) is 8.70. The summed E-state index contributed by atoms with van der Waals surface area (Å²) < 4.78 is 42.4. The number of rotatable bonds is 8. The number of amidine groups is 1. The smallest absolute Gasteiger partial charge is 0.306 e. The van der Waals surface area contributed by atoms with Gasteiger partial charge >= 0.3 is 6.18 Å². The lowest BCUT2D eigenvalue weighted by molar-refractivity contribution is -0.138. The van der Waals surface area contributed by atoms with Crippen LogP contribution in [0.1, 0.15) is 55.5 Å². The summed E-state index contributed by atoms with van der Waals surface area (Å²) in [7, 11) is 0. The number of Topliss-reactive ketones (excluding diaryl/α,β-unsaturated/α-hetero) is 1. The number of piperazine rings is 1. The van der Waals surface area contributed by atoms with Crippen LogP contribution < -0.4 is 5.32 Å². The van der Waals surface area contributed by atoms with Crippen LogP contribution in [0.15, 0.2) is 96.0 Å². The Bertz CT molecular complexity index is 1780. The summed E-state index contributed by atoms with van der Waals surface area (Å²) in [6.07, 6.45) is -4.65. The van der Waals surface area contributed by atoms with E-state index in [-0.39, 0.29) is 30.2 Å². The lowest BCUT2D eigenvalue weighted by Gasteiger charge is -2.34. The maximum atomic E-state index is 14.1. The first-order chi connectivity index (χ1) is 22.2. The molecule has 1 saturated heterocycles. The Labute approximate surface area is 266 Å². The van der Waals surface area contributed by atoms with Gasteiger partial charge in [-0.05, 0) is 64.7 Å². The van der Waals surface area contributed by atoms with E-state index in [4.69, 9.17) is 0 Å². The van der Waals surface area contributed by atoms with Gasteiger partial charge in [-0.1, -0.05) is 67.6 Å². The molecule has 0 spiro atoms. The minimum atomic E-state index is -4.51. The minimum absolute atomic E-state index is 0.134. The van der Waals surface area contributed by atoms with Crippen LogP contribution in [-0.2, 0) is 25.7 Å². The number of ketones is 1. The van der Waals surface area contributed by atoms with E-state index in [9.17, 15) is 22.8 Å². The van der Waals surface area contributed by atoms with Gasteiger partial charge in [-0.2, -0.15) is 13.2 Å². The molecule has 0 atom stereocenters. The molecular formula is C37H35F3N4O2. The molecule has 0 aromatic heterocycles. The van der Waals surface area contributed by atoms with E-state index in [1.54, 1.807) is 48.5 Å². The molecule has 236 valence electrons. The first-order valence-electron chi connectivity index (χ1n) is 15.5. The summed E-state index contributed by atoms with van der Waals surface area (Å²) in [4.78, 5) is 34.8. The standard InChI is InChI=1S/C37H35F3N4O2/c1-2-43-15-17-44(18-16-43)24-30-12-11-25(19-33(30)37(38,39)40)20-34(45)29-10-6-9-27(21-29)28-13-14-32-31(22-28)23-41-35(32)42-36(46)26-7-4-3-5-8-26/h3-14,19,21-22H,2,15-18,20,23-24H2,1H3,(H,41,42,46). The summed E-state index contributed by atoms with van der Waals surface area (Å²) >= 11 is 0. The molecule has 1 amide bonds. The molecule has 0 unspecified atom stereocenters. The molecule has 2 heterocycles. The number of fused-ring (bicyclic) bond motifs is 1. The van der Waals surface area contributed by atoms with Crippen molar-refractivity contribution in [3.63, 3.8) is 0 Å². The van der Waals surface area contributed by atoms with Crippen molar-refractivity contribution in [1.82, 2.24) is 15.1 Å². The number of alkyl halides is 3. The Kier molecular flexibility index (Phi) is 9.15. The number of aliphatic imine (C=N–C) groups is 1. The average molecular weight is 625 g/mol. The van der Waals surface area contributed by atoms with Crippen molar-refractivity contribution in [2.75, 3.05) is 32.7 Å². The maximum absolute atomic E-state index is 14.1. The quantitative estimate of drug-likeness (QED) is 0.224. The number of benzene rings is 4. The number of nitrogens with one attached hydrogen (secondary N) is 1. The van der Waals surface area contributed by atoms with Gasteiger partial charge in [-0.25, -0.2) is 0 Å². The summed E-state index contributed by atoms with van der Waals surface area (Å²) in [5.74, 6) is 0.0291. The van der Waals surface area contributed by atoms with Crippen molar-refractivity contribution in [2.45, 2.75) is 32.6 Å². The summed E-state index contributed by atoms with van der Waals surface area (Å²) in [6.45, 7) is 6.81. The van der Waals surface area contributed by atoms with Crippen LogP contribution in [0.5, 0.6) is 0 Å². The second kappa shape index (κ2) is 13.4. The molecule has 1 N–H and O–H groups in total. The van der Waals surface area contributed by atoms with Crippen molar-refractivity contribution < 1.29 is 22.8 Å². The largest absolute Gasteiger partial charge is 0.416 e. The van der Waals surface area contributed by atoms with Gasteiger partial charge in [0.15, 0.2) is 5.78 Å². The third-order valence-corrected chi connectivity index (χ3v) is 8.70. The maximum Gasteiger partial charge on any atom is 0.416 e. The minimum Gasteiger partial charge on any atom is -0.306 e. The molecule has 2 aliphatic heterocycles. The topological polar surface area (TPSA) is 65.0 Å². The number of carbonyl (C=O) groups is 2. The van der Waals surface area contributed by atoms with Crippen LogP contribution in [0.3, 0.4) is 0 Å². The lowest BCUT2D eigenvalue weighted by atomic mass is 9.95. The molecule has 0 radical (unpaired) electrons. The number of amides is 1. The van der Waals surface area contributed by atoms with Crippen LogP contribution in [-0.4, -0.2) is 60.0 Å². The zero-order valence-corrected chi connectivity index (χ0v) is 25.6. The van der Waals surface area contributed by atoms with Crippen LogP contribution in [0.2, 0.25) is 0 Å². The highest BCUT2D eigenvalue weighted by molar-refractivity contribution is 6.14. The molecule has 1 fully saturated rings. The van der Waals surface area contributed by atoms with Crippen molar-refractivity contribution in [3.8, 4) is 11.1 Å². The van der Waals surface area contributed by atoms with Gasteiger partial charge < -0.3 is 10.2 Å². The molecule has 0 saturated carbocycles. The van der Waals surface area contributed by atoms with Crippen molar-refractivity contribution >= 4 is 17.5 Å². The Balaban J connectivity index is 1.14. The highest BCUT2D eigenvalue weighted by Crippen LogP contribution is 2.34. The van der Waals surface area contributed by atoms with E-state index in [0.717, 1.165) is 61.0 Å². The predicted molar refractivity (Wildman–Crippen MR) is 173 cm³/mol. The van der Waals surface area contributed by atoms with Gasteiger partial charge in [0.2, 0.25) is 0 Å². The van der Waals surface area contributed by atoms with Crippen molar-refractivity contribution in [2.24, 2.45) is 4.99 Å². The summed E-state index contributed by atoms with van der Waals surface area (Å²) in [6, 6.07) is 26.2. The summed E-state index contributed by atoms with van der Waals surface area (Å²) in [5.41, 5.74) is 4.34. The van der Waals surface area contributed by atoms with Crippen LogP contribution in [0.25, 0.3) is 11.1 Å². The molecule has 6 nitrogen and oxygen atoms in total. The van der Waals surface area contributed by atoms with Crippen LogP contribution in [0.4, 0.5) is 13.2 Å². The molecule has 2 aliphatic rings. The van der Waals surface area contributed by atoms with Crippen molar-refractivity contribution in [3.05, 3.63) is 130 Å². The van der Waals surface area contributed by atoms with Crippen LogP contribution >= 0.6 is 0 Å². The number of likely N-dealkylation sites (N-methyl/N-ethyl adjacent to an activating group) is 1. The number of carbonyl (C=O) groups excluding carboxylic acids is 2.